The smallest absolute Gasteiger partial charge is 0.289 e. The van der Waals surface area contributed by atoms with E-state index in [1.54, 1.807) is 0 Å². The molecule has 23 heavy (non-hydrogen) atoms. The van der Waals surface area contributed by atoms with Crippen LogP contribution in [-0.2, 0) is 0 Å². The maximum Gasteiger partial charge on any atom is 0.289 e. The van der Waals surface area contributed by atoms with Gasteiger partial charge in [0.2, 0.25) is 0 Å². The topological polar surface area (TPSA) is 44.7 Å². The highest BCUT2D eigenvalue weighted by Crippen LogP contribution is 2.28. The number of benzene rings is 2. The first-order valence-electron chi connectivity index (χ1n) is 7.24. The third kappa shape index (κ3) is 3.81. The number of para-hydroxylation sites is 1. The van der Waals surface area contributed by atoms with Gasteiger partial charge in [-0.05, 0) is 47.7 Å². The number of nitrogens with one attached hydrogen (secondary N) is 1. The van der Waals surface area contributed by atoms with E-state index < -0.39 is 0 Å². The molecule has 2 aromatic carbocycles. The van der Waals surface area contributed by atoms with Crippen molar-refractivity contribution in [2.75, 3.05) is 19.0 Å². The molecule has 1 saturated heterocycles. The summed E-state index contributed by atoms with van der Waals surface area (Å²) >= 11 is 1.17. The van der Waals surface area contributed by atoms with Gasteiger partial charge in [-0.15, -0.1) is 0 Å². The first kappa shape index (κ1) is 15.4. The molecule has 0 bridgehead atoms. The van der Waals surface area contributed by atoms with Crippen LogP contribution in [0.3, 0.4) is 0 Å². The van der Waals surface area contributed by atoms with Gasteiger partial charge in [-0.1, -0.05) is 30.3 Å². The minimum Gasteiger partial charge on any atom is -0.378 e. The lowest BCUT2D eigenvalue weighted by molar-refractivity contribution is 0.265. The number of nitrogens with zero attached hydrogens (tertiary/aromatic N) is 2. The van der Waals surface area contributed by atoms with Crippen LogP contribution in [0.1, 0.15) is 5.56 Å². The average Bonchev–Trinajstić information content (AvgIpc) is 2.88. The quantitative estimate of drug-likeness (QED) is 0.917. The van der Waals surface area contributed by atoms with Crippen molar-refractivity contribution >= 4 is 40.3 Å². The van der Waals surface area contributed by atoms with Crippen molar-refractivity contribution in [3.63, 3.8) is 0 Å². The summed E-state index contributed by atoms with van der Waals surface area (Å²) in [5, 5.41) is 2.70. The summed E-state index contributed by atoms with van der Waals surface area (Å²) in [4.78, 5) is 19.1. The number of carbonyl (C=O) groups excluding carboxylic acids is 1. The molecule has 1 amide bonds. The van der Waals surface area contributed by atoms with E-state index >= 15 is 0 Å². The molecule has 1 aliphatic heterocycles. The molecule has 1 aliphatic rings. The molecule has 2 aromatic rings. The van der Waals surface area contributed by atoms with Gasteiger partial charge in [-0.2, -0.15) is 0 Å². The Hall–Kier alpha value is -2.53. The Labute approximate surface area is 139 Å². The van der Waals surface area contributed by atoms with Crippen LogP contribution in [0.5, 0.6) is 0 Å². The second-order valence-electron chi connectivity index (χ2n) is 5.31. The molecule has 0 aliphatic carbocycles. The van der Waals surface area contributed by atoms with Crippen LogP contribution in [0.15, 0.2) is 64.5 Å². The van der Waals surface area contributed by atoms with Gasteiger partial charge in [0.05, 0.1) is 10.6 Å². The highest BCUT2D eigenvalue weighted by Gasteiger charge is 2.23. The van der Waals surface area contributed by atoms with Gasteiger partial charge in [0.1, 0.15) is 5.84 Å². The van der Waals surface area contributed by atoms with Crippen molar-refractivity contribution in [2.24, 2.45) is 4.99 Å². The number of hydrogen-bond acceptors (Lipinski definition) is 4. The lowest BCUT2D eigenvalue weighted by atomic mass is 10.2. The van der Waals surface area contributed by atoms with Crippen molar-refractivity contribution in [1.82, 2.24) is 5.32 Å². The maximum absolute atomic E-state index is 11.7. The van der Waals surface area contributed by atoms with Gasteiger partial charge in [-0.25, -0.2) is 4.99 Å². The minimum absolute atomic E-state index is 0.101. The van der Waals surface area contributed by atoms with Crippen LogP contribution < -0.4 is 10.2 Å². The summed E-state index contributed by atoms with van der Waals surface area (Å²) in [6.07, 6.45) is 1.98. The third-order valence-corrected chi connectivity index (χ3v) is 4.18. The molecule has 0 radical (unpaired) electrons. The highest BCUT2D eigenvalue weighted by molar-refractivity contribution is 8.18. The number of carbonyl (C=O) groups is 1. The fourth-order valence-electron chi connectivity index (χ4n) is 2.16. The maximum atomic E-state index is 11.7. The zero-order valence-electron chi connectivity index (χ0n) is 13.0. The molecular formula is C18H17N3OS. The standard InChI is InChI=1S/C18H17N3OS/c1-21(2)15-10-8-13(9-11-15)12-16-17(20-18(22)23-16)19-14-6-4-3-5-7-14/h3-12H,1-2H3,(H,19,20,22)/b16-12-. The number of thioether (sulfide) groups is 1. The number of aliphatic imine (C=N–C) groups is 1. The number of rotatable bonds is 3. The molecule has 116 valence electrons. The molecule has 0 spiro atoms. The Kier molecular flexibility index (Phi) is 4.48. The fourth-order valence-corrected chi connectivity index (χ4v) is 2.90. The van der Waals surface area contributed by atoms with Crippen LogP contribution in [0.4, 0.5) is 16.2 Å². The second kappa shape index (κ2) is 6.71. The summed E-state index contributed by atoms with van der Waals surface area (Å²) in [5.41, 5.74) is 2.99. The molecule has 1 heterocycles. The molecule has 0 saturated carbocycles. The van der Waals surface area contributed by atoms with Crippen molar-refractivity contribution in [3.8, 4) is 0 Å². The van der Waals surface area contributed by atoms with Crippen LogP contribution in [0.2, 0.25) is 0 Å². The number of hydrogen-bond donors (Lipinski definition) is 1. The average molecular weight is 323 g/mol. The fraction of sp³-hybridized carbons (Fsp3) is 0.111. The van der Waals surface area contributed by atoms with Crippen molar-refractivity contribution < 1.29 is 4.79 Å². The van der Waals surface area contributed by atoms with Gasteiger partial charge in [-0.3, -0.25) is 4.79 Å². The summed E-state index contributed by atoms with van der Waals surface area (Å²) < 4.78 is 0. The summed E-state index contributed by atoms with van der Waals surface area (Å²) in [6.45, 7) is 0. The predicted octanol–water partition coefficient (Wildman–Crippen LogP) is 4.28. The zero-order chi connectivity index (χ0) is 16.2. The lowest BCUT2D eigenvalue weighted by Crippen LogP contribution is -2.18. The third-order valence-electron chi connectivity index (χ3n) is 3.36. The van der Waals surface area contributed by atoms with Crippen molar-refractivity contribution in [2.45, 2.75) is 0 Å². The monoisotopic (exact) mass is 323 g/mol. The minimum atomic E-state index is -0.101. The predicted molar refractivity (Wildman–Crippen MR) is 98.4 cm³/mol. The van der Waals surface area contributed by atoms with Gasteiger partial charge in [0.15, 0.2) is 0 Å². The first-order chi connectivity index (χ1) is 11.1. The van der Waals surface area contributed by atoms with Crippen LogP contribution in [0, 0.1) is 0 Å². The Balaban J connectivity index is 1.90. The number of amides is 1. The lowest BCUT2D eigenvalue weighted by Gasteiger charge is -2.11. The summed E-state index contributed by atoms with van der Waals surface area (Å²) in [7, 11) is 4.01. The van der Waals surface area contributed by atoms with E-state index in [0.717, 1.165) is 21.8 Å². The summed E-state index contributed by atoms with van der Waals surface area (Å²) in [5.74, 6) is 0.600. The SMILES string of the molecule is CN(C)c1ccc(/C=C2\SC(=O)NC2=Nc2ccccc2)cc1. The van der Waals surface area contributed by atoms with Crippen LogP contribution in [0.25, 0.3) is 6.08 Å². The normalized spacial score (nSPS) is 17.6. The molecule has 0 atom stereocenters. The van der Waals surface area contributed by atoms with E-state index in [0.29, 0.717) is 5.84 Å². The first-order valence-corrected chi connectivity index (χ1v) is 8.05. The Bertz CT molecular complexity index is 765. The van der Waals surface area contributed by atoms with E-state index in [4.69, 9.17) is 0 Å². The summed E-state index contributed by atoms with van der Waals surface area (Å²) in [6, 6.07) is 17.8. The Morgan fingerprint density at radius 3 is 2.39 bits per heavy atom. The van der Waals surface area contributed by atoms with E-state index in [2.05, 4.69) is 27.3 Å². The largest absolute Gasteiger partial charge is 0.378 e. The molecule has 1 fully saturated rings. The van der Waals surface area contributed by atoms with E-state index in [9.17, 15) is 4.79 Å². The van der Waals surface area contributed by atoms with Crippen molar-refractivity contribution in [3.05, 3.63) is 65.1 Å². The van der Waals surface area contributed by atoms with Gasteiger partial charge >= 0.3 is 0 Å². The molecular weight excluding hydrogens is 306 g/mol. The van der Waals surface area contributed by atoms with Crippen LogP contribution >= 0.6 is 11.8 Å². The van der Waals surface area contributed by atoms with Gasteiger partial charge in [0.25, 0.3) is 5.24 Å². The van der Waals surface area contributed by atoms with Crippen LogP contribution in [-0.4, -0.2) is 25.2 Å². The van der Waals surface area contributed by atoms with E-state index in [1.807, 2.05) is 62.6 Å². The Morgan fingerprint density at radius 1 is 1.04 bits per heavy atom. The highest BCUT2D eigenvalue weighted by atomic mass is 32.2. The van der Waals surface area contributed by atoms with Gasteiger partial charge < -0.3 is 10.2 Å². The molecule has 1 N–H and O–H groups in total. The van der Waals surface area contributed by atoms with Gasteiger partial charge in [0, 0.05) is 19.8 Å². The molecule has 0 unspecified atom stereocenters. The Morgan fingerprint density at radius 2 is 1.74 bits per heavy atom. The number of anilines is 1. The van der Waals surface area contributed by atoms with E-state index in [-0.39, 0.29) is 5.24 Å². The molecule has 5 heteroatoms. The molecule has 4 nitrogen and oxygen atoms in total. The van der Waals surface area contributed by atoms with Crippen molar-refractivity contribution in [1.29, 1.82) is 0 Å². The molecule has 0 aromatic heterocycles. The van der Waals surface area contributed by atoms with E-state index in [1.165, 1.54) is 11.8 Å². The second-order valence-corrected chi connectivity index (χ2v) is 6.32. The number of amidine groups is 1. The molecule has 3 rings (SSSR count). The zero-order valence-corrected chi connectivity index (χ0v) is 13.8.